The summed E-state index contributed by atoms with van der Waals surface area (Å²) in [6, 6.07) is 0. The molecule has 0 saturated carbocycles. The normalized spacial score (nSPS) is 19.7. The summed E-state index contributed by atoms with van der Waals surface area (Å²) in [6.45, 7) is 1.69. The number of nitrogens with one attached hydrogen (secondary N) is 1. The van der Waals surface area contributed by atoms with Crippen LogP contribution in [0.15, 0.2) is 6.20 Å². The van der Waals surface area contributed by atoms with Gasteiger partial charge in [-0.05, 0) is 18.8 Å². The van der Waals surface area contributed by atoms with Gasteiger partial charge in [0.2, 0.25) is 0 Å². The van der Waals surface area contributed by atoms with Crippen LogP contribution in [0.3, 0.4) is 0 Å². The third-order valence-electron chi connectivity index (χ3n) is 2.36. The fourth-order valence-corrected chi connectivity index (χ4v) is 1.64. The number of anilines is 1. The molecule has 0 aliphatic carbocycles. The predicted octanol–water partition coefficient (Wildman–Crippen LogP) is 0.886. The van der Waals surface area contributed by atoms with Crippen LogP contribution in [0.2, 0.25) is 0 Å². The van der Waals surface area contributed by atoms with Crippen molar-refractivity contribution in [1.82, 2.24) is 10.2 Å². The number of nitrogens with zero attached hydrogens (tertiary/aromatic N) is 1. The van der Waals surface area contributed by atoms with E-state index >= 15 is 0 Å². The zero-order valence-electron chi connectivity index (χ0n) is 6.92. The average Bonchev–Trinajstić information content (AvgIpc) is 2.53. The number of aromatic amines is 1. The molecule has 66 valence electrons. The van der Waals surface area contributed by atoms with E-state index in [1.54, 1.807) is 0 Å². The topological polar surface area (TPSA) is 63.9 Å². The lowest BCUT2D eigenvalue weighted by Crippen LogP contribution is -2.14. The number of hydrogen-bond acceptors (Lipinski definition) is 3. The molecule has 12 heavy (non-hydrogen) atoms. The van der Waals surface area contributed by atoms with Crippen LogP contribution in [0.5, 0.6) is 0 Å². The third kappa shape index (κ3) is 1.30. The largest absolute Gasteiger partial charge is 0.384 e. The SMILES string of the molecule is Nc1[nH]ncc1C1CCOCC1. The van der Waals surface area contributed by atoms with E-state index in [2.05, 4.69) is 10.2 Å². The quantitative estimate of drug-likeness (QED) is 0.652. The molecule has 1 aromatic heterocycles. The Morgan fingerprint density at radius 1 is 1.50 bits per heavy atom. The van der Waals surface area contributed by atoms with Crippen molar-refractivity contribution in [3.05, 3.63) is 11.8 Å². The van der Waals surface area contributed by atoms with Crippen molar-refractivity contribution in [3.8, 4) is 0 Å². The summed E-state index contributed by atoms with van der Waals surface area (Å²) < 4.78 is 5.27. The zero-order chi connectivity index (χ0) is 8.39. The Morgan fingerprint density at radius 2 is 2.25 bits per heavy atom. The molecule has 0 atom stereocenters. The monoisotopic (exact) mass is 167 g/mol. The number of nitrogen functional groups attached to an aromatic ring is 1. The molecule has 4 nitrogen and oxygen atoms in total. The summed E-state index contributed by atoms with van der Waals surface area (Å²) in [6.07, 6.45) is 3.94. The van der Waals surface area contributed by atoms with Crippen molar-refractivity contribution >= 4 is 5.82 Å². The molecule has 2 rings (SSSR count). The highest BCUT2D eigenvalue weighted by Crippen LogP contribution is 2.29. The van der Waals surface area contributed by atoms with E-state index in [4.69, 9.17) is 10.5 Å². The van der Waals surface area contributed by atoms with Gasteiger partial charge in [0.1, 0.15) is 5.82 Å². The van der Waals surface area contributed by atoms with Crippen molar-refractivity contribution in [2.24, 2.45) is 0 Å². The second-order valence-electron chi connectivity index (χ2n) is 3.13. The van der Waals surface area contributed by atoms with Crippen LogP contribution in [-0.2, 0) is 4.74 Å². The van der Waals surface area contributed by atoms with Crippen LogP contribution in [0.25, 0.3) is 0 Å². The summed E-state index contributed by atoms with van der Waals surface area (Å²) in [7, 11) is 0. The summed E-state index contributed by atoms with van der Waals surface area (Å²) in [5, 5.41) is 6.66. The van der Waals surface area contributed by atoms with Gasteiger partial charge in [-0.2, -0.15) is 5.10 Å². The molecule has 4 heteroatoms. The number of hydrogen-bond donors (Lipinski definition) is 2. The summed E-state index contributed by atoms with van der Waals surface area (Å²) >= 11 is 0. The molecule has 3 N–H and O–H groups in total. The molecular formula is C8H13N3O. The van der Waals surface area contributed by atoms with E-state index < -0.39 is 0 Å². The van der Waals surface area contributed by atoms with Gasteiger partial charge in [0.15, 0.2) is 0 Å². The van der Waals surface area contributed by atoms with E-state index in [1.807, 2.05) is 6.20 Å². The highest BCUT2D eigenvalue weighted by Gasteiger charge is 2.18. The minimum atomic E-state index is 0.539. The van der Waals surface area contributed by atoms with E-state index in [9.17, 15) is 0 Å². The Balaban J connectivity index is 2.13. The highest BCUT2D eigenvalue weighted by atomic mass is 16.5. The molecule has 0 bridgehead atoms. The molecule has 1 aliphatic heterocycles. The van der Waals surface area contributed by atoms with E-state index in [0.717, 1.165) is 31.6 Å². The lowest BCUT2D eigenvalue weighted by atomic mass is 9.94. The number of nitrogens with two attached hydrogens (primary N) is 1. The number of aromatic nitrogens is 2. The summed E-state index contributed by atoms with van der Waals surface area (Å²) in [5.74, 6) is 1.25. The molecule has 0 spiro atoms. The summed E-state index contributed by atoms with van der Waals surface area (Å²) in [5.41, 5.74) is 6.86. The Bertz CT molecular complexity index is 253. The number of ether oxygens (including phenoxy) is 1. The first kappa shape index (κ1) is 7.61. The number of H-pyrrole nitrogens is 1. The van der Waals surface area contributed by atoms with Crippen LogP contribution in [0.1, 0.15) is 24.3 Å². The Morgan fingerprint density at radius 3 is 2.83 bits per heavy atom. The van der Waals surface area contributed by atoms with Gasteiger partial charge in [0, 0.05) is 18.8 Å². The maximum Gasteiger partial charge on any atom is 0.122 e. The molecule has 2 heterocycles. The van der Waals surface area contributed by atoms with Crippen molar-refractivity contribution in [2.75, 3.05) is 18.9 Å². The van der Waals surface area contributed by atoms with Gasteiger partial charge < -0.3 is 10.5 Å². The molecule has 1 aliphatic rings. The molecular weight excluding hydrogens is 154 g/mol. The standard InChI is InChI=1S/C8H13N3O/c9-8-7(5-10-11-8)6-1-3-12-4-2-6/h5-6H,1-4H2,(H3,9,10,11). The van der Waals surface area contributed by atoms with Crippen LogP contribution < -0.4 is 5.73 Å². The molecule has 0 radical (unpaired) electrons. The molecule has 1 aromatic rings. The first-order valence-electron chi connectivity index (χ1n) is 4.24. The molecule has 1 fully saturated rings. The van der Waals surface area contributed by atoms with Gasteiger partial charge in [-0.25, -0.2) is 0 Å². The Labute approximate surface area is 71.1 Å². The van der Waals surface area contributed by atoms with Crippen LogP contribution in [0.4, 0.5) is 5.82 Å². The lowest BCUT2D eigenvalue weighted by Gasteiger charge is -2.21. The van der Waals surface area contributed by atoms with Crippen molar-refractivity contribution < 1.29 is 4.74 Å². The van der Waals surface area contributed by atoms with Gasteiger partial charge in [-0.1, -0.05) is 0 Å². The van der Waals surface area contributed by atoms with Crippen LogP contribution in [0, 0.1) is 0 Å². The maximum absolute atomic E-state index is 5.71. The summed E-state index contributed by atoms with van der Waals surface area (Å²) in [4.78, 5) is 0. The molecule has 1 saturated heterocycles. The van der Waals surface area contributed by atoms with Crippen molar-refractivity contribution in [1.29, 1.82) is 0 Å². The van der Waals surface area contributed by atoms with E-state index in [1.165, 1.54) is 0 Å². The fraction of sp³-hybridized carbons (Fsp3) is 0.625. The Kier molecular flexibility index (Phi) is 1.99. The molecule has 0 amide bonds. The van der Waals surface area contributed by atoms with Crippen molar-refractivity contribution in [2.45, 2.75) is 18.8 Å². The van der Waals surface area contributed by atoms with Gasteiger partial charge in [-0.3, -0.25) is 5.10 Å². The first-order chi connectivity index (χ1) is 5.88. The van der Waals surface area contributed by atoms with Gasteiger partial charge >= 0.3 is 0 Å². The second kappa shape index (κ2) is 3.15. The zero-order valence-corrected chi connectivity index (χ0v) is 6.92. The maximum atomic E-state index is 5.71. The van der Waals surface area contributed by atoms with Crippen LogP contribution >= 0.6 is 0 Å². The average molecular weight is 167 g/mol. The minimum Gasteiger partial charge on any atom is -0.384 e. The Hall–Kier alpha value is -1.03. The van der Waals surface area contributed by atoms with Gasteiger partial charge in [-0.15, -0.1) is 0 Å². The fourth-order valence-electron chi connectivity index (χ4n) is 1.64. The predicted molar refractivity (Wildman–Crippen MR) is 45.8 cm³/mol. The van der Waals surface area contributed by atoms with E-state index in [0.29, 0.717) is 11.7 Å². The highest BCUT2D eigenvalue weighted by molar-refractivity contribution is 5.39. The molecule has 0 aromatic carbocycles. The van der Waals surface area contributed by atoms with E-state index in [-0.39, 0.29) is 0 Å². The van der Waals surface area contributed by atoms with Gasteiger partial charge in [0.25, 0.3) is 0 Å². The van der Waals surface area contributed by atoms with Crippen molar-refractivity contribution in [3.63, 3.8) is 0 Å². The smallest absolute Gasteiger partial charge is 0.122 e. The lowest BCUT2D eigenvalue weighted by molar-refractivity contribution is 0.0855. The second-order valence-corrected chi connectivity index (χ2v) is 3.13. The minimum absolute atomic E-state index is 0.539. The van der Waals surface area contributed by atoms with Gasteiger partial charge in [0.05, 0.1) is 6.20 Å². The van der Waals surface area contributed by atoms with Crippen LogP contribution in [-0.4, -0.2) is 23.4 Å². The first-order valence-corrected chi connectivity index (χ1v) is 4.24. The molecule has 0 unspecified atom stereocenters. The third-order valence-corrected chi connectivity index (χ3v) is 2.36. The number of rotatable bonds is 1.